The Labute approximate surface area is 96.9 Å². The Bertz CT molecular complexity index is 255. The Morgan fingerprint density at radius 3 is 2.25 bits per heavy atom. The maximum absolute atomic E-state index is 11.7. The molecule has 0 aromatic heterocycles. The van der Waals surface area contributed by atoms with Gasteiger partial charge in [-0.1, -0.05) is 0 Å². The van der Waals surface area contributed by atoms with E-state index in [1.807, 2.05) is 0 Å². The molecule has 3 fully saturated rings. The molecule has 0 unspecified atom stereocenters. The molecular weight excluding hydrogens is 202 g/mol. The highest BCUT2D eigenvalue weighted by atomic mass is 16.5. The van der Waals surface area contributed by atoms with Crippen molar-refractivity contribution in [1.82, 2.24) is 5.32 Å². The van der Waals surface area contributed by atoms with Gasteiger partial charge in [-0.3, -0.25) is 4.79 Å². The molecule has 0 atom stereocenters. The van der Waals surface area contributed by atoms with Gasteiger partial charge >= 0.3 is 0 Å². The maximum atomic E-state index is 11.7. The van der Waals surface area contributed by atoms with Gasteiger partial charge in [-0.2, -0.15) is 0 Å². The summed E-state index contributed by atoms with van der Waals surface area (Å²) < 4.78 is 5.41. The summed E-state index contributed by atoms with van der Waals surface area (Å²) in [6, 6.07) is 0.469. The molecule has 3 heteroatoms. The van der Waals surface area contributed by atoms with E-state index in [0.29, 0.717) is 6.04 Å². The van der Waals surface area contributed by atoms with E-state index in [1.165, 1.54) is 38.5 Å². The highest BCUT2D eigenvalue weighted by Crippen LogP contribution is 2.44. The second-order valence-electron chi connectivity index (χ2n) is 5.73. The van der Waals surface area contributed by atoms with Gasteiger partial charge in [-0.25, -0.2) is 0 Å². The molecule has 0 aliphatic heterocycles. The predicted molar refractivity (Wildman–Crippen MR) is 60.9 cm³/mol. The molecule has 1 N–H and O–H groups in total. The molecule has 90 valence electrons. The zero-order chi connectivity index (χ0) is 11.0. The molecule has 16 heavy (non-hydrogen) atoms. The fourth-order valence-electron chi connectivity index (χ4n) is 2.36. The molecule has 3 saturated carbocycles. The molecule has 1 amide bonds. The lowest BCUT2D eigenvalue weighted by molar-refractivity contribution is -0.126. The lowest BCUT2D eigenvalue weighted by Gasteiger charge is -2.17. The third kappa shape index (κ3) is 2.97. The summed E-state index contributed by atoms with van der Waals surface area (Å²) in [5.74, 6) is 2.40. The number of ether oxygens (including phenoxy) is 1. The number of rotatable bonds is 7. The van der Waals surface area contributed by atoms with E-state index >= 15 is 0 Å². The van der Waals surface area contributed by atoms with Crippen LogP contribution in [-0.2, 0) is 9.53 Å². The van der Waals surface area contributed by atoms with Crippen LogP contribution in [-0.4, -0.2) is 25.2 Å². The summed E-state index contributed by atoms with van der Waals surface area (Å²) in [5.41, 5.74) is 0. The van der Waals surface area contributed by atoms with Crippen molar-refractivity contribution in [2.24, 2.45) is 17.8 Å². The van der Waals surface area contributed by atoms with Crippen molar-refractivity contribution >= 4 is 5.91 Å². The van der Waals surface area contributed by atoms with Crippen LogP contribution in [0.5, 0.6) is 0 Å². The van der Waals surface area contributed by atoms with Crippen LogP contribution in [0.2, 0.25) is 0 Å². The Hall–Kier alpha value is -0.570. The molecule has 3 aliphatic carbocycles. The summed E-state index contributed by atoms with van der Waals surface area (Å²) >= 11 is 0. The topological polar surface area (TPSA) is 38.3 Å². The Morgan fingerprint density at radius 1 is 1.12 bits per heavy atom. The first kappa shape index (κ1) is 10.6. The van der Waals surface area contributed by atoms with E-state index in [0.717, 1.165) is 24.4 Å². The second-order valence-corrected chi connectivity index (χ2v) is 5.73. The Balaban J connectivity index is 1.36. The molecule has 0 aromatic carbocycles. The van der Waals surface area contributed by atoms with Crippen molar-refractivity contribution in [3.63, 3.8) is 0 Å². The van der Waals surface area contributed by atoms with Crippen molar-refractivity contribution in [1.29, 1.82) is 0 Å². The van der Waals surface area contributed by atoms with E-state index < -0.39 is 0 Å². The van der Waals surface area contributed by atoms with Crippen LogP contribution in [0.4, 0.5) is 0 Å². The number of carbonyl (C=O) groups excluding carboxylic acids is 1. The van der Waals surface area contributed by atoms with Crippen LogP contribution < -0.4 is 5.32 Å². The average molecular weight is 223 g/mol. The first-order valence-corrected chi connectivity index (χ1v) is 6.70. The molecule has 0 saturated heterocycles. The summed E-state index contributed by atoms with van der Waals surface area (Å²) in [6.07, 6.45) is 7.81. The average Bonchev–Trinajstić information content (AvgIpc) is 3.15. The van der Waals surface area contributed by atoms with Gasteiger partial charge < -0.3 is 10.1 Å². The molecule has 0 radical (unpaired) electrons. The van der Waals surface area contributed by atoms with Gasteiger partial charge in [0.15, 0.2) is 0 Å². The smallest absolute Gasteiger partial charge is 0.246 e. The largest absolute Gasteiger partial charge is 0.371 e. The van der Waals surface area contributed by atoms with Gasteiger partial charge in [0, 0.05) is 6.04 Å². The predicted octanol–water partition coefficient (Wildman–Crippen LogP) is 1.72. The quantitative estimate of drug-likeness (QED) is 0.713. The third-order valence-corrected chi connectivity index (χ3v) is 3.87. The van der Waals surface area contributed by atoms with Crippen LogP contribution in [0, 0.1) is 17.8 Å². The van der Waals surface area contributed by atoms with Gasteiger partial charge in [-0.15, -0.1) is 0 Å². The molecule has 0 heterocycles. The second kappa shape index (κ2) is 4.36. The number of nitrogens with one attached hydrogen (secondary N) is 1. The van der Waals surface area contributed by atoms with Crippen LogP contribution in [0.25, 0.3) is 0 Å². The van der Waals surface area contributed by atoms with E-state index in [1.54, 1.807) is 0 Å². The monoisotopic (exact) mass is 223 g/mol. The normalized spacial score (nSPS) is 24.8. The fourth-order valence-corrected chi connectivity index (χ4v) is 2.36. The highest BCUT2D eigenvalue weighted by molar-refractivity contribution is 5.77. The third-order valence-electron chi connectivity index (χ3n) is 3.87. The van der Waals surface area contributed by atoms with Gasteiger partial charge in [0.1, 0.15) is 6.61 Å². The van der Waals surface area contributed by atoms with E-state index in [9.17, 15) is 4.79 Å². The van der Waals surface area contributed by atoms with E-state index in [2.05, 4.69) is 5.32 Å². The summed E-state index contributed by atoms with van der Waals surface area (Å²) in [5, 5.41) is 3.17. The first-order chi connectivity index (χ1) is 7.83. The minimum atomic E-state index is 0.101. The zero-order valence-electron chi connectivity index (χ0n) is 9.78. The van der Waals surface area contributed by atoms with Gasteiger partial charge in [0.05, 0.1) is 6.61 Å². The van der Waals surface area contributed by atoms with E-state index in [-0.39, 0.29) is 12.5 Å². The lowest BCUT2D eigenvalue weighted by Crippen LogP contribution is -2.40. The standard InChI is InChI=1S/C13H21NO2/c15-12(8-16-7-9-1-2-9)14-13(10-3-4-10)11-5-6-11/h9-11,13H,1-8H2,(H,14,15). The van der Waals surface area contributed by atoms with Crippen LogP contribution in [0.1, 0.15) is 38.5 Å². The number of hydrogen-bond acceptors (Lipinski definition) is 2. The Morgan fingerprint density at radius 2 is 1.75 bits per heavy atom. The zero-order valence-corrected chi connectivity index (χ0v) is 9.78. The van der Waals surface area contributed by atoms with Gasteiger partial charge in [0.25, 0.3) is 0 Å². The van der Waals surface area contributed by atoms with Gasteiger partial charge in [-0.05, 0) is 56.3 Å². The lowest BCUT2D eigenvalue weighted by atomic mass is 10.1. The molecule has 0 spiro atoms. The highest BCUT2D eigenvalue weighted by Gasteiger charge is 2.42. The SMILES string of the molecule is O=C(COCC1CC1)NC(C1CC1)C1CC1. The Kier molecular flexibility index (Phi) is 2.88. The van der Waals surface area contributed by atoms with Crippen molar-refractivity contribution < 1.29 is 9.53 Å². The molecule has 3 aliphatic rings. The maximum Gasteiger partial charge on any atom is 0.246 e. The summed E-state index contributed by atoms with van der Waals surface area (Å²) in [6.45, 7) is 1.05. The van der Waals surface area contributed by atoms with Crippen molar-refractivity contribution in [2.45, 2.75) is 44.6 Å². The van der Waals surface area contributed by atoms with Crippen molar-refractivity contribution in [3.05, 3.63) is 0 Å². The van der Waals surface area contributed by atoms with Crippen LogP contribution >= 0.6 is 0 Å². The van der Waals surface area contributed by atoms with Crippen LogP contribution in [0.3, 0.4) is 0 Å². The van der Waals surface area contributed by atoms with Gasteiger partial charge in [0.2, 0.25) is 5.91 Å². The molecule has 3 rings (SSSR count). The first-order valence-electron chi connectivity index (χ1n) is 6.70. The molecule has 0 aromatic rings. The summed E-state index contributed by atoms with van der Waals surface area (Å²) in [7, 11) is 0. The minimum Gasteiger partial charge on any atom is -0.371 e. The molecular formula is C13H21NO2. The molecule has 3 nitrogen and oxygen atoms in total. The molecule has 0 bridgehead atoms. The number of amides is 1. The van der Waals surface area contributed by atoms with Crippen LogP contribution in [0.15, 0.2) is 0 Å². The fraction of sp³-hybridized carbons (Fsp3) is 0.923. The summed E-state index contributed by atoms with van der Waals surface area (Å²) in [4.78, 5) is 11.7. The number of carbonyl (C=O) groups is 1. The minimum absolute atomic E-state index is 0.101. The van der Waals surface area contributed by atoms with Crippen molar-refractivity contribution in [2.75, 3.05) is 13.2 Å². The number of hydrogen-bond donors (Lipinski definition) is 1. The van der Waals surface area contributed by atoms with E-state index in [4.69, 9.17) is 4.74 Å². The van der Waals surface area contributed by atoms with Crippen molar-refractivity contribution in [3.8, 4) is 0 Å².